The van der Waals surface area contributed by atoms with Crippen LogP contribution < -0.4 is 5.56 Å². The Morgan fingerprint density at radius 1 is 1.44 bits per heavy atom. The van der Waals surface area contributed by atoms with Gasteiger partial charge in [0.15, 0.2) is 11.9 Å². The largest absolute Gasteiger partial charge is 0.451 e. The number of H-pyrrole nitrogens is 1. The van der Waals surface area contributed by atoms with Gasteiger partial charge in [-0.3, -0.25) is 14.9 Å². The summed E-state index contributed by atoms with van der Waals surface area (Å²) in [5.41, 5.74) is 0.605. The van der Waals surface area contributed by atoms with Crippen LogP contribution >= 0.6 is 11.3 Å². The average molecular weight is 389 g/mol. The second kappa shape index (κ2) is 7.16. The summed E-state index contributed by atoms with van der Waals surface area (Å²) < 4.78 is 10.1. The number of ether oxygens (including phenoxy) is 1. The molecule has 3 aromatic heterocycles. The molecule has 1 N–H and O–H groups in total. The van der Waals surface area contributed by atoms with Crippen molar-refractivity contribution in [1.82, 2.24) is 9.97 Å². The van der Waals surface area contributed by atoms with E-state index in [0.717, 1.165) is 16.5 Å². The molecule has 0 spiro atoms. The minimum absolute atomic E-state index is 0.142. The average Bonchev–Trinajstić information content (AvgIpc) is 3.18. The molecule has 0 bridgehead atoms. The standard InChI is InChI=1S/C17H15N3O6S/c1-8-10(3)27-17-14(8)16(22)18-15(19-17)9(2)25-13(21)7-5-11-4-6-12(26-11)20(23)24/h4-7,9H,1-3H3,(H,18,19,22)/b7-5+/t9-/m0/s1. The third kappa shape index (κ3) is 3.80. The molecule has 10 heteroatoms. The van der Waals surface area contributed by atoms with Crippen LogP contribution in [0.25, 0.3) is 16.3 Å². The number of nitrogens with one attached hydrogen (secondary N) is 1. The van der Waals surface area contributed by atoms with Crippen molar-refractivity contribution in [1.29, 1.82) is 0 Å². The molecule has 0 saturated heterocycles. The number of rotatable bonds is 5. The Morgan fingerprint density at radius 2 is 2.19 bits per heavy atom. The minimum atomic E-state index is -0.784. The second-order valence-corrected chi connectivity index (χ2v) is 6.96. The normalized spacial score (nSPS) is 12.6. The predicted molar refractivity (Wildman–Crippen MR) is 98.6 cm³/mol. The summed E-state index contributed by atoms with van der Waals surface area (Å²) in [5, 5.41) is 11.1. The molecule has 0 radical (unpaired) electrons. The van der Waals surface area contributed by atoms with E-state index in [1.165, 1.54) is 29.5 Å². The number of aryl methyl sites for hydroxylation is 2. The van der Waals surface area contributed by atoms with E-state index in [1.807, 2.05) is 13.8 Å². The van der Waals surface area contributed by atoms with Crippen LogP contribution in [0.5, 0.6) is 0 Å². The van der Waals surface area contributed by atoms with Crippen molar-refractivity contribution < 1.29 is 18.9 Å². The number of aromatic amines is 1. The Kier molecular flexibility index (Phi) is 4.91. The molecule has 0 aliphatic carbocycles. The van der Waals surface area contributed by atoms with Crippen molar-refractivity contribution in [3.05, 3.63) is 60.7 Å². The maximum Gasteiger partial charge on any atom is 0.433 e. The van der Waals surface area contributed by atoms with E-state index in [0.29, 0.717) is 10.2 Å². The smallest absolute Gasteiger partial charge is 0.433 e. The molecule has 140 valence electrons. The first-order chi connectivity index (χ1) is 12.8. The lowest BCUT2D eigenvalue weighted by Gasteiger charge is -2.10. The van der Waals surface area contributed by atoms with E-state index >= 15 is 0 Å². The molecule has 3 rings (SSSR count). The number of carbonyl (C=O) groups is 1. The highest BCUT2D eigenvalue weighted by molar-refractivity contribution is 7.18. The molecule has 9 nitrogen and oxygen atoms in total. The number of furan rings is 1. The first kappa shape index (κ1) is 18.5. The number of nitrogens with zero attached hydrogens (tertiary/aromatic N) is 2. The van der Waals surface area contributed by atoms with Crippen molar-refractivity contribution in [3.63, 3.8) is 0 Å². The Hall–Kier alpha value is -3.27. The Labute approximate surface area is 156 Å². The van der Waals surface area contributed by atoms with E-state index in [4.69, 9.17) is 9.15 Å². The summed E-state index contributed by atoms with van der Waals surface area (Å²) in [6.07, 6.45) is 1.55. The van der Waals surface area contributed by atoms with Gasteiger partial charge in [0, 0.05) is 11.0 Å². The molecule has 0 aliphatic rings. The van der Waals surface area contributed by atoms with Gasteiger partial charge in [-0.25, -0.2) is 9.78 Å². The van der Waals surface area contributed by atoms with Crippen molar-refractivity contribution in [2.75, 3.05) is 0 Å². The molecule has 3 aromatic rings. The zero-order valence-corrected chi connectivity index (χ0v) is 15.5. The first-order valence-electron chi connectivity index (χ1n) is 7.89. The van der Waals surface area contributed by atoms with Crippen LogP contribution in [0.15, 0.2) is 27.4 Å². The Bertz CT molecular complexity index is 1120. The van der Waals surface area contributed by atoms with Gasteiger partial charge in [-0.05, 0) is 38.5 Å². The maximum atomic E-state index is 12.3. The molecular weight excluding hydrogens is 374 g/mol. The molecule has 27 heavy (non-hydrogen) atoms. The van der Waals surface area contributed by atoms with Crippen molar-refractivity contribution >= 4 is 39.5 Å². The number of thiophene rings is 1. The molecular formula is C17H15N3O6S. The zero-order chi connectivity index (χ0) is 19.7. The summed E-state index contributed by atoms with van der Waals surface area (Å²) in [7, 11) is 0. The van der Waals surface area contributed by atoms with E-state index in [-0.39, 0.29) is 17.1 Å². The molecule has 0 saturated carbocycles. The van der Waals surface area contributed by atoms with Gasteiger partial charge in [0.25, 0.3) is 5.56 Å². The monoisotopic (exact) mass is 389 g/mol. The first-order valence-corrected chi connectivity index (χ1v) is 8.70. The SMILES string of the molecule is Cc1sc2nc([C@H](C)OC(=O)/C=C/c3ccc([N+](=O)[O-])o3)[nH]c(=O)c2c1C. The fourth-order valence-corrected chi connectivity index (χ4v) is 3.45. The summed E-state index contributed by atoms with van der Waals surface area (Å²) in [6, 6.07) is 2.54. The third-order valence-electron chi connectivity index (χ3n) is 3.91. The highest BCUT2D eigenvalue weighted by atomic mass is 32.1. The summed E-state index contributed by atoms with van der Waals surface area (Å²) >= 11 is 1.40. The summed E-state index contributed by atoms with van der Waals surface area (Å²) in [6.45, 7) is 5.35. The minimum Gasteiger partial charge on any atom is -0.451 e. The number of carbonyl (C=O) groups excluding carboxylic acids is 1. The Morgan fingerprint density at radius 3 is 2.85 bits per heavy atom. The molecule has 0 fully saturated rings. The van der Waals surface area contributed by atoms with Gasteiger partial charge in [-0.15, -0.1) is 11.3 Å². The van der Waals surface area contributed by atoms with Gasteiger partial charge in [0.05, 0.1) is 11.5 Å². The number of hydrogen-bond acceptors (Lipinski definition) is 8. The molecule has 0 amide bonds. The molecule has 0 aromatic carbocycles. The number of aromatic nitrogens is 2. The number of hydrogen-bond donors (Lipinski definition) is 1. The van der Waals surface area contributed by atoms with Crippen LogP contribution in [0, 0.1) is 24.0 Å². The van der Waals surface area contributed by atoms with Gasteiger partial charge < -0.3 is 14.1 Å². The van der Waals surface area contributed by atoms with Gasteiger partial charge in [0.1, 0.15) is 15.5 Å². The Balaban J connectivity index is 1.74. The zero-order valence-electron chi connectivity index (χ0n) is 14.6. The van der Waals surface area contributed by atoms with E-state index in [2.05, 4.69) is 9.97 Å². The molecule has 0 aliphatic heterocycles. The van der Waals surface area contributed by atoms with E-state index in [9.17, 15) is 19.7 Å². The molecule has 3 heterocycles. The predicted octanol–water partition coefficient (Wildman–Crippen LogP) is 3.42. The lowest BCUT2D eigenvalue weighted by atomic mass is 10.2. The maximum absolute atomic E-state index is 12.3. The quantitative estimate of drug-likeness (QED) is 0.306. The fourth-order valence-electron chi connectivity index (χ4n) is 2.41. The topological polar surface area (TPSA) is 128 Å². The van der Waals surface area contributed by atoms with E-state index < -0.39 is 22.9 Å². The van der Waals surface area contributed by atoms with Crippen LogP contribution in [0.2, 0.25) is 0 Å². The number of esters is 1. The number of nitro groups is 1. The van der Waals surface area contributed by atoms with Gasteiger partial charge >= 0.3 is 11.9 Å². The van der Waals surface area contributed by atoms with Gasteiger partial charge in [0.2, 0.25) is 0 Å². The third-order valence-corrected chi connectivity index (χ3v) is 5.01. The fraction of sp³-hybridized carbons (Fsp3) is 0.235. The second-order valence-electron chi connectivity index (χ2n) is 5.76. The van der Waals surface area contributed by atoms with Crippen LogP contribution in [0.3, 0.4) is 0 Å². The number of fused-ring (bicyclic) bond motifs is 1. The van der Waals surface area contributed by atoms with Crippen molar-refractivity contribution in [2.24, 2.45) is 0 Å². The lowest BCUT2D eigenvalue weighted by molar-refractivity contribution is -0.402. The van der Waals surface area contributed by atoms with Crippen LogP contribution in [-0.2, 0) is 9.53 Å². The highest BCUT2D eigenvalue weighted by Crippen LogP contribution is 2.27. The highest BCUT2D eigenvalue weighted by Gasteiger charge is 2.17. The molecule has 1 atom stereocenters. The van der Waals surface area contributed by atoms with Gasteiger partial charge in [-0.1, -0.05) is 0 Å². The van der Waals surface area contributed by atoms with E-state index in [1.54, 1.807) is 6.92 Å². The summed E-state index contributed by atoms with van der Waals surface area (Å²) in [4.78, 5) is 42.7. The van der Waals surface area contributed by atoms with Crippen LogP contribution in [-0.4, -0.2) is 20.9 Å². The van der Waals surface area contributed by atoms with Crippen molar-refractivity contribution in [2.45, 2.75) is 26.9 Å². The lowest BCUT2D eigenvalue weighted by Crippen LogP contribution is -2.16. The van der Waals surface area contributed by atoms with Crippen molar-refractivity contribution in [3.8, 4) is 0 Å². The van der Waals surface area contributed by atoms with Crippen LogP contribution in [0.4, 0.5) is 5.88 Å². The van der Waals surface area contributed by atoms with Gasteiger partial charge in [-0.2, -0.15) is 0 Å². The molecule has 0 unspecified atom stereocenters. The van der Waals surface area contributed by atoms with Crippen LogP contribution in [0.1, 0.15) is 35.1 Å². The summed E-state index contributed by atoms with van der Waals surface area (Å²) in [5.74, 6) is -0.747.